The lowest BCUT2D eigenvalue weighted by Gasteiger charge is -2.11. The molecule has 23 heavy (non-hydrogen) atoms. The highest BCUT2D eigenvalue weighted by Crippen LogP contribution is 2.17. The molecule has 1 amide bonds. The van der Waals surface area contributed by atoms with Crippen molar-refractivity contribution in [2.75, 3.05) is 13.2 Å². The molecule has 6 nitrogen and oxygen atoms in total. The van der Waals surface area contributed by atoms with E-state index in [1.807, 2.05) is 6.92 Å². The molecular formula is C16H19FN4O2. The average Bonchev–Trinajstić information content (AvgIpc) is 3.24. The number of aromatic nitrogens is 3. The van der Waals surface area contributed by atoms with Crippen LogP contribution in [0.15, 0.2) is 30.5 Å². The molecule has 122 valence electrons. The highest BCUT2D eigenvalue weighted by atomic mass is 19.1. The van der Waals surface area contributed by atoms with Crippen molar-refractivity contribution in [3.63, 3.8) is 0 Å². The van der Waals surface area contributed by atoms with Crippen molar-refractivity contribution in [2.45, 2.75) is 31.9 Å². The van der Waals surface area contributed by atoms with Crippen LogP contribution in [0.2, 0.25) is 0 Å². The molecule has 0 aliphatic carbocycles. The Morgan fingerprint density at radius 1 is 1.48 bits per heavy atom. The molecule has 2 atom stereocenters. The normalized spacial score (nSPS) is 18.8. The summed E-state index contributed by atoms with van der Waals surface area (Å²) in [7, 11) is 0. The largest absolute Gasteiger partial charge is 0.376 e. The van der Waals surface area contributed by atoms with Gasteiger partial charge in [-0.3, -0.25) is 4.79 Å². The Labute approximate surface area is 133 Å². The summed E-state index contributed by atoms with van der Waals surface area (Å²) >= 11 is 0. The summed E-state index contributed by atoms with van der Waals surface area (Å²) < 4.78 is 20.0. The van der Waals surface area contributed by atoms with Gasteiger partial charge in [0.2, 0.25) is 0 Å². The number of ether oxygens (including phenoxy) is 1. The smallest absolute Gasteiger partial charge is 0.273 e. The molecular weight excluding hydrogens is 299 g/mol. The lowest BCUT2D eigenvalue weighted by molar-refractivity contribution is 0.0853. The summed E-state index contributed by atoms with van der Waals surface area (Å²) in [4.78, 5) is 12.1. The van der Waals surface area contributed by atoms with Gasteiger partial charge in [0, 0.05) is 13.2 Å². The van der Waals surface area contributed by atoms with Crippen LogP contribution >= 0.6 is 0 Å². The molecule has 1 aliphatic rings. The zero-order valence-electron chi connectivity index (χ0n) is 12.9. The third-order valence-electron chi connectivity index (χ3n) is 4.01. The minimum atomic E-state index is -0.284. The van der Waals surface area contributed by atoms with Crippen LogP contribution < -0.4 is 5.32 Å². The zero-order valence-corrected chi connectivity index (χ0v) is 12.9. The fourth-order valence-corrected chi connectivity index (χ4v) is 2.57. The molecule has 0 radical (unpaired) electrons. The Kier molecular flexibility index (Phi) is 4.66. The second kappa shape index (κ2) is 6.87. The van der Waals surface area contributed by atoms with Gasteiger partial charge in [-0.25, -0.2) is 9.07 Å². The molecule has 2 heterocycles. The summed E-state index contributed by atoms with van der Waals surface area (Å²) in [6, 6.07) is 6.05. The van der Waals surface area contributed by atoms with Gasteiger partial charge in [-0.15, -0.1) is 5.10 Å². The number of rotatable bonds is 5. The average molecular weight is 318 g/mol. The molecule has 0 saturated carbocycles. The van der Waals surface area contributed by atoms with Crippen molar-refractivity contribution in [1.29, 1.82) is 0 Å². The van der Waals surface area contributed by atoms with Gasteiger partial charge >= 0.3 is 0 Å². The lowest BCUT2D eigenvalue weighted by Crippen LogP contribution is -2.32. The molecule has 1 aliphatic heterocycles. The van der Waals surface area contributed by atoms with E-state index in [2.05, 4.69) is 15.6 Å². The maximum Gasteiger partial charge on any atom is 0.273 e. The Hall–Kier alpha value is -2.28. The molecule has 3 rings (SSSR count). The molecule has 0 bridgehead atoms. The Balaban J connectivity index is 1.62. The minimum absolute atomic E-state index is 0.0899. The molecule has 1 aromatic heterocycles. The second-order valence-electron chi connectivity index (χ2n) is 5.66. The summed E-state index contributed by atoms with van der Waals surface area (Å²) in [6.07, 6.45) is 3.69. The van der Waals surface area contributed by atoms with Crippen molar-refractivity contribution >= 4 is 5.91 Å². The predicted molar refractivity (Wildman–Crippen MR) is 81.5 cm³/mol. The lowest BCUT2D eigenvalue weighted by atomic mass is 10.1. The highest BCUT2D eigenvalue weighted by Gasteiger charge is 2.19. The van der Waals surface area contributed by atoms with E-state index in [-0.39, 0.29) is 29.6 Å². The van der Waals surface area contributed by atoms with Crippen molar-refractivity contribution in [3.8, 4) is 0 Å². The molecule has 2 aromatic rings. The summed E-state index contributed by atoms with van der Waals surface area (Å²) in [5.41, 5.74) is 1.15. The number of nitrogens with zero attached hydrogens (tertiary/aromatic N) is 3. The third kappa shape index (κ3) is 3.73. The number of carbonyl (C=O) groups excluding carboxylic acids is 1. The van der Waals surface area contributed by atoms with Crippen LogP contribution in [0.1, 0.15) is 41.9 Å². The molecule has 7 heteroatoms. The fourth-order valence-electron chi connectivity index (χ4n) is 2.57. The number of nitrogens with one attached hydrogen (secondary N) is 1. The standard InChI is InChI=1S/C16H19FN4O2/c1-11(12-4-6-13(17)7-5-12)21-10-15(19-20-21)16(22)18-9-14-3-2-8-23-14/h4-7,10-11,14H,2-3,8-9H2,1H3,(H,18,22)/t11-,14+/m0/s1. The van der Waals surface area contributed by atoms with E-state index in [1.54, 1.807) is 23.0 Å². The summed E-state index contributed by atoms with van der Waals surface area (Å²) in [5, 5.41) is 10.7. The summed E-state index contributed by atoms with van der Waals surface area (Å²) in [5.74, 6) is -0.549. The quantitative estimate of drug-likeness (QED) is 0.914. The molecule has 1 saturated heterocycles. The first kappa shape index (κ1) is 15.6. The van der Waals surface area contributed by atoms with E-state index < -0.39 is 0 Å². The maximum atomic E-state index is 13.0. The molecule has 0 unspecified atom stereocenters. The van der Waals surface area contributed by atoms with Gasteiger partial charge in [0.25, 0.3) is 5.91 Å². The molecule has 0 spiro atoms. The molecule has 1 aromatic carbocycles. The Bertz CT molecular complexity index is 665. The first-order valence-electron chi connectivity index (χ1n) is 7.70. The monoisotopic (exact) mass is 318 g/mol. The van der Waals surface area contributed by atoms with Gasteiger partial charge < -0.3 is 10.1 Å². The van der Waals surface area contributed by atoms with E-state index in [0.717, 1.165) is 25.0 Å². The van der Waals surface area contributed by atoms with Crippen LogP contribution in [0.25, 0.3) is 0 Å². The number of benzene rings is 1. The van der Waals surface area contributed by atoms with Crippen molar-refractivity contribution in [1.82, 2.24) is 20.3 Å². The van der Waals surface area contributed by atoms with Gasteiger partial charge in [-0.1, -0.05) is 17.3 Å². The second-order valence-corrected chi connectivity index (χ2v) is 5.66. The highest BCUT2D eigenvalue weighted by molar-refractivity contribution is 5.91. The zero-order chi connectivity index (χ0) is 16.2. The van der Waals surface area contributed by atoms with Crippen LogP contribution in [0.5, 0.6) is 0 Å². The number of carbonyl (C=O) groups is 1. The number of hydrogen-bond donors (Lipinski definition) is 1. The van der Waals surface area contributed by atoms with Crippen LogP contribution in [-0.2, 0) is 4.74 Å². The van der Waals surface area contributed by atoms with E-state index >= 15 is 0 Å². The Morgan fingerprint density at radius 3 is 2.96 bits per heavy atom. The Morgan fingerprint density at radius 2 is 2.26 bits per heavy atom. The molecule has 1 fully saturated rings. The summed E-state index contributed by atoms with van der Waals surface area (Å²) in [6.45, 7) is 3.15. The van der Waals surface area contributed by atoms with Crippen molar-refractivity contribution in [2.24, 2.45) is 0 Å². The van der Waals surface area contributed by atoms with E-state index in [1.165, 1.54) is 12.1 Å². The van der Waals surface area contributed by atoms with E-state index in [0.29, 0.717) is 6.54 Å². The van der Waals surface area contributed by atoms with Crippen LogP contribution in [0, 0.1) is 5.82 Å². The van der Waals surface area contributed by atoms with Gasteiger partial charge in [0.1, 0.15) is 5.82 Å². The SMILES string of the molecule is C[C@@H](c1ccc(F)cc1)n1cc(C(=O)NC[C@H]2CCCO2)nn1. The number of hydrogen-bond acceptors (Lipinski definition) is 4. The van der Waals surface area contributed by atoms with Gasteiger partial charge in [0.15, 0.2) is 5.69 Å². The fraction of sp³-hybridized carbons (Fsp3) is 0.438. The third-order valence-corrected chi connectivity index (χ3v) is 4.01. The number of halogens is 1. The predicted octanol–water partition coefficient (Wildman–Crippen LogP) is 1.94. The first-order chi connectivity index (χ1) is 11.1. The van der Waals surface area contributed by atoms with Crippen LogP contribution in [0.4, 0.5) is 4.39 Å². The topological polar surface area (TPSA) is 69.0 Å². The maximum absolute atomic E-state index is 13.0. The van der Waals surface area contributed by atoms with Gasteiger partial charge in [-0.2, -0.15) is 0 Å². The van der Waals surface area contributed by atoms with E-state index in [9.17, 15) is 9.18 Å². The van der Waals surface area contributed by atoms with Crippen LogP contribution in [-0.4, -0.2) is 40.2 Å². The van der Waals surface area contributed by atoms with Crippen molar-refractivity contribution < 1.29 is 13.9 Å². The van der Waals surface area contributed by atoms with Crippen LogP contribution in [0.3, 0.4) is 0 Å². The van der Waals surface area contributed by atoms with Crippen molar-refractivity contribution in [3.05, 3.63) is 47.5 Å². The van der Waals surface area contributed by atoms with E-state index in [4.69, 9.17) is 4.74 Å². The first-order valence-corrected chi connectivity index (χ1v) is 7.70. The minimum Gasteiger partial charge on any atom is -0.376 e. The molecule has 1 N–H and O–H groups in total. The van der Waals surface area contributed by atoms with Gasteiger partial charge in [0.05, 0.1) is 18.3 Å². The van der Waals surface area contributed by atoms with Gasteiger partial charge in [-0.05, 0) is 37.5 Å². The number of amides is 1.